The highest BCUT2D eigenvalue weighted by Gasteiger charge is 2.15. The molecule has 0 atom stereocenters. The number of aromatic hydroxyl groups is 1. The molecule has 2 aromatic heterocycles. The van der Waals surface area contributed by atoms with Gasteiger partial charge in [-0.25, -0.2) is 0 Å². The van der Waals surface area contributed by atoms with Crippen LogP contribution >= 0.6 is 11.3 Å². The molecule has 9 heteroatoms. The molecule has 34 heavy (non-hydrogen) atoms. The van der Waals surface area contributed by atoms with Crippen LogP contribution in [0.25, 0.3) is 32.5 Å². The van der Waals surface area contributed by atoms with E-state index in [9.17, 15) is 14.7 Å². The van der Waals surface area contributed by atoms with Gasteiger partial charge in [-0.1, -0.05) is 24.3 Å². The molecule has 0 radical (unpaired) electrons. The second-order valence-corrected chi connectivity index (χ2v) is 8.23. The number of aromatic nitrogens is 1. The fraction of sp³-hybridized carbons (Fsp3) is 0.160. The summed E-state index contributed by atoms with van der Waals surface area (Å²) in [6.07, 6.45) is 1.39. The number of carboxylic acid groups (broad SMARTS) is 1. The number of H-pyrrole nitrogens is 1. The summed E-state index contributed by atoms with van der Waals surface area (Å²) in [6, 6.07) is 16.3. The summed E-state index contributed by atoms with van der Waals surface area (Å²) in [5, 5.41) is 31.8. The van der Waals surface area contributed by atoms with E-state index in [2.05, 4.69) is 10.3 Å². The number of amides is 1. The number of carbonyl (C=O) groups is 2. The first-order chi connectivity index (χ1) is 16.5. The normalized spacial score (nSPS) is 10.4. The molecule has 4 rings (SSSR count). The molecule has 0 fully saturated rings. The van der Waals surface area contributed by atoms with E-state index in [-0.39, 0.29) is 35.9 Å². The number of aliphatic hydroxyl groups excluding tert-OH is 1. The van der Waals surface area contributed by atoms with Crippen LogP contribution in [0.1, 0.15) is 23.2 Å². The third-order valence-corrected chi connectivity index (χ3v) is 5.99. The van der Waals surface area contributed by atoms with Gasteiger partial charge in [0.15, 0.2) is 0 Å². The fourth-order valence-electron chi connectivity index (χ4n) is 3.46. The Hall–Kier alpha value is -3.95. The predicted octanol–water partition coefficient (Wildman–Crippen LogP) is 3.83. The first-order valence-corrected chi connectivity index (χ1v) is 11.4. The first kappa shape index (κ1) is 24.7. The van der Waals surface area contributed by atoms with Gasteiger partial charge in [-0.05, 0) is 59.7 Å². The Bertz CT molecular complexity index is 1310. The van der Waals surface area contributed by atoms with Crippen molar-refractivity contribution in [2.45, 2.75) is 12.8 Å². The molecule has 2 heterocycles. The molecule has 4 aromatic rings. The highest BCUT2D eigenvalue weighted by molar-refractivity contribution is 7.13. The summed E-state index contributed by atoms with van der Waals surface area (Å²) in [4.78, 5) is 36.6. The van der Waals surface area contributed by atoms with E-state index >= 15 is 0 Å². The Morgan fingerprint density at radius 2 is 1.76 bits per heavy atom. The van der Waals surface area contributed by atoms with E-state index in [0.717, 1.165) is 17.5 Å². The van der Waals surface area contributed by atoms with Crippen molar-refractivity contribution in [2.75, 3.05) is 13.2 Å². The predicted molar refractivity (Wildman–Crippen MR) is 132 cm³/mol. The topological polar surface area (TPSA) is 140 Å². The molecule has 0 unspecified atom stereocenters. The van der Waals surface area contributed by atoms with Gasteiger partial charge in [0, 0.05) is 29.0 Å². The minimum Gasteiger partial charge on any atom is -0.506 e. The molecule has 176 valence electrons. The largest absolute Gasteiger partial charge is 0.506 e. The van der Waals surface area contributed by atoms with E-state index in [1.807, 2.05) is 35.7 Å². The van der Waals surface area contributed by atoms with Crippen molar-refractivity contribution >= 4 is 34.6 Å². The SMILES string of the molecule is O=C(NCCCCO)c1ccc(-c2ccc3[nH]c(=O)c(-c4cccs4)c(O)c3c2)cc1.O=CO. The van der Waals surface area contributed by atoms with Crippen LogP contribution in [0, 0.1) is 0 Å². The lowest BCUT2D eigenvalue weighted by molar-refractivity contribution is -0.122. The Kier molecular flexibility index (Phi) is 8.55. The second kappa shape index (κ2) is 11.8. The fourth-order valence-corrected chi connectivity index (χ4v) is 4.23. The van der Waals surface area contributed by atoms with Gasteiger partial charge in [0.25, 0.3) is 17.9 Å². The van der Waals surface area contributed by atoms with Crippen LogP contribution in [0.15, 0.2) is 64.8 Å². The van der Waals surface area contributed by atoms with Gasteiger partial charge < -0.3 is 25.6 Å². The van der Waals surface area contributed by atoms with Crippen molar-refractivity contribution in [1.29, 1.82) is 0 Å². The Morgan fingerprint density at radius 1 is 1.06 bits per heavy atom. The second-order valence-electron chi connectivity index (χ2n) is 7.28. The number of thiophene rings is 1. The molecule has 0 saturated carbocycles. The number of hydrogen-bond donors (Lipinski definition) is 5. The molecule has 5 N–H and O–H groups in total. The standard InChI is InChI=1S/C24H22N2O4S.CH2O2/c27-12-2-1-11-25-23(29)16-7-5-15(6-8-16)17-9-10-19-18(14-17)22(28)21(24(30)26-19)20-4-3-13-31-20;2-1-3/h3-10,13-14,27H,1-2,11-12H2,(H,25,29)(H2,26,28,30);1H,(H,2,3). The van der Waals surface area contributed by atoms with E-state index < -0.39 is 0 Å². The number of carbonyl (C=O) groups excluding carboxylic acids is 1. The minimum absolute atomic E-state index is 0.0399. The average molecular weight is 481 g/mol. The molecular weight excluding hydrogens is 456 g/mol. The van der Waals surface area contributed by atoms with Crippen molar-refractivity contribution < 1.29 is 24.9 Å². The van der Waals surface area contributed by atoms with Crippen LogP contribution in [-0.2, 0) is 4.79 Å². The zero-order valence-electron chi connectivity index (χ0n) is 18.2. The number of benzene rings is 2. The molecule has 0 bridgehead atoms. The first-order valence-electron chi connectivity index (χ1n) is 10.5. The lowest BCUT2D eigenvalue weighted by Gasteiger charge is -2.09. The van der Waals surface area contributed by atoms with Crippen LogP contribution in [0.5, 0.6) is 5.75 Å². The maximum absolute atomic E-state index is 12.5. The summed E-state index contributed by atoms with van der Waals surface area (Å²) in [5.74, 6) is -0.194. The number of aromatic amines is 1. The molecule has 0 aliphatic heterocycles. The molecule has 0 saturated heterocycles. The van der Waals surface area contributed by atoms with Crippen LogP contribution in [0.4, 0.5) is 0 Å². The molecule has 0 aliphatic carbocycles. The highest BCUT2D eigenvalue weighted by Crippen LogP contribution is 2.36. The van der Waals surface area contributed by atoms with Crippen molar-refractivity contribution in [3.8, 4) is 27.3 Å². The quantitative estimate of drug-likeness (QED) is 0.201. The zero-order valence-corrected chi connectivity index (χ0v) is 19.0. The van der Waals surface area contributed by atoms with Crippen LogP contribution < -0.4 is 10.9 Å². The molecule has 0 spiro atoms. The van der Waals surface area contributed by atoms with Crippen molar-refractivity contribution in [1.82, 2.24) is 10.3 Å². The number of pyridine rings is 1. The van der Waals surface area contributed by atoms with Crippen molar-refractivity contribution in [3.05, 3.63) is 75.9 Å². The van der Waals surface area contributed by atoms with E-state index in [4.69, 9.17) is 15.0 Å². The number of unbranched alkanes of at least 4 members (excludes halogenated alkanes) is 1. The van der Waals surface area contributed by atoms with Gasteiger partial charge in [-0.3, -0.25) is 14.4 Å². The van der Waals surface area contributed by atoms with Crippen LogP contribution in [0.2, 0.25) is 0 Å². The molecular formula is C25H24N2O6S. The maximum atomic E-state index is 12.5. The molecule has 0 aliphatic rings. The van der Waals surface area contributed by atoms with Gasteiger partial charge in [0.05, 0.1) is 11.1 Å². The van der Waals surface area contributed by atoms with Gasteiger partial charge in [-0.15, -0.1) is 11.3 Å². The van der Waals surface area contributed by atoms with Crippen molar-refractivity contribution in [2.24, 2.45) is 0 Å². The minimum atomic E-state index is -0.324. The summed E-state index contributed by atoms with van der Waals surface area (Å²) in [7, 11) is 0. The average Bonchev–Trinajstić information content (AvgIpc) is 3.37. The van der Waals surface area contributed by atoms with E-state index in [1.54, 1.807) is 24.3 Å². The van der Waals surface area contributed by atoms with Gasteiger partial charge >= 0.3 is 0 Å². The lowest BCUT2D eigenvalue weighted by atomic mass is 10.0. The third kappa shape index (κ3) is 5.69. The Balaban J connectivity index is 0.00000103. The highest BCUT2D eigenvalue weighted by atomic mass is 32.1. The number of rotatable bonds is 7. The van der Waals surface area contributed by atoms with E-state index in [0.29, 0.717) is 34.3 Å². The van der Waals surface area contributed by atoms with E-state index in [1.165, 1.54) is 11.3 Å². The lowest BCUT2D eigenvalue weighted by Crippen LogP contribution is -2.24. The Labute approximate surface area is 199 Å². The third-order valence-electron chi connectivity index (χ3n) is 5.11. The zero-order chi connectivity index (χ0) is 24.5. The molecule has 2 aromatic carbocycles. The Morgan fingerprint density at radius 3 is 2.41 bits per heavy atom. The monoisotopic (exact) mass is 480 g/mol. The van der Waals surface area contributed by atoms with Crippen LogP contribution in [-0.4, -0.2) is 45.8 Å². The number of fused-ring (bicyclic) bond motifs is 1. The molecule has 1 amide bonds. The maximum Gasteiger partial charge on any atom is 0.290 e. The number of nitrogens with one attached hydrogen (secondary N) is 2. The summed E-state index contributed by atoms with van der Waals surface area (Å²) in [5.41, 5.74) is 2.82. The van der Waals surface area contributed by atoms with Crippen molar-refractivity contribution in [3.63, 3.8) is 0 Å². The van der Waals surface area contributed by atoms with Gasteiger partial charge in [0.2, 0.25) is 0 Å². The van der Waals surface area contributed by atoms with Gasteiger partial charge in [0.1, 0.15) is 5.75 Å². The summed E-state index contributed by atoms with van der Waals surface area (Å²) < 4.78 is 0. The number of hydrogen-bond acceptors (Lipinski definition) is 6. The van der Waals surface area contributed by atoms with Gasteiger partial charge in [-0.2, -0.15) is 0 Å². The molecule has 8 nitrogen and oxygen atoms in total. The smallest absolute Gasteiger partial charge is 0.290 e. The summed E-state index contributed by atoms with van der Waals surface area (Å²) in [6.45, 7) is 0.393. The number of aliphatic hydroxyl groups is 1. The summed E-state index contributed by atoms with van der Waals surface area (Å²) >= 11 is 1.40. The van der Waals surface area contributed by atoms with Crippen LogP contribution in [0.3, 0.4) is 0 Å².